The van der Waals surface area contributed by atoms with Crippen LogP contribution in [-0.4, -0.2) is 21.3 Å². The molecule has 108 valence electrons. The molecule has 21 heavy (non-hydrogen) atoms. The Kier molecular flexibility index (Phi) is 3.88. The fraction of sp³-hybridized carbons (Fsp3) is 0.235. The molecular weight excluding hydrogens is 262 g/mol. The van der Waals surface area contributed by atoms with Crippen molar-refractivity contribution >= 4 is 16.7 Å². The number of hydrogen-bond donors (Lipinski definition) is 2. The Labute approximate surface area is 124 Å². The summed E-state index contributed by atoms with van der Waals surface area (Å²) >= 11 is 0. The van der Waals surface area contributed by atoms with Crippen molar-refractivity contribution in [3.05, 3.63) is 59.9 Å². The molecule has 0 spiro atoms. The van der Waals surface area contributed by atoms with Gasteiger partial charge in [0.05, 0.1) is 17.6 Å². The molecule has 0 fully saturated rings. The number of aromatic nitrogens is 2. The van der Waals surface area contributed by atoms with Crippen LogP contribution in [0.2, 0.25) is 0 Å². The maximum absolute atomic E-state index is 8.91. The van der Waals surface area contributed by atoms with E-state index in [2.05, 4.69) is 20.9 Å². The molecule has 0 bridgehead atoms. The van der Waals surface area contributed by atoms with Gasteiger partial charge in [0.15, 0.2) is 0 Å². The normalized spacial score (nSPS) is 11.0. The van der Waals surface area contributed by atoms with Gasteiger partial charge in [0, 0.05) is 19.3 Å². The van der Waals surface area contributed by atoms with Crippen LogP contribution >= 0.6 is 0 Å². The Morgan fingerprint density at radius 1 is 1.10 bits per heavy atom. The van der Waals surface area contributed by atoms with Crippen molar-refractivity contribution < 1.29 is 5.11 Å². The first-order chi connectivity index (χ1) is 10.3. The van der Waals surface area contributed by atoms with E-state index in [4.69, 9.17) is 5.11 Å². The molecule has 2 N–H and O–H groups in total. The summed E-state index contributed by atoms with van der Waals surface area (Å²) in [6.07, 6.45) is 0.699. The number of hydrogen-bond acceptors (Lipinski definition) is 3. The number of nitrogens with one attached hydrogen (secondary N) is 1. The minimum Gasteiger partial charge on any atom is -0.396 e. The molecular formula is C17H19N3O. The van der Waals surface area contributed by atoms with Crippen LogP contribution in [0.5, 0.6) is 0 Å². The summed E-state index contributed by atoms with van der Waals surface area (Å²) in [6, 6.07) is 16.3. The predicted octanol–water partition coefficient (Wildman–Crippen LogP) is 2.72. The molecule has 2 aromatic carbocycles. The minimum atomic E-state index is 0.187. The van der Waals surface area contributed by atoms with Gasteiger partial charge in [0.2, 0.25) is 0 Å². The van der Waals surface area contributed by atoms with E-state index in [0.717, 1.165) is 28.1 Å². The second-order valence-corrected chi connectivity index (χ2v) is 5.10. The van der Waals surface area contributed by atoms with Crippen molar-refractivity contribution in [2.75, 3.05) is 11.9 Å². The maximum Gasteiger partial charge on any atom is 0.128 e. The molecule has 3 aromatic rings. The predicted molar refractivity (Wildman–Crippen MR) is 85.3 cm³/mol. The van der Waals surface area contributed by atoms with E-state index >= 15 is 0 Å². The lowest BCUT2D eigenvalue weighted by Gasteiger charge is -2.07. The van der Waals surface area contributed by atoms with E-state index in [1.165, 1.54) is 0 Å². The minimum absolute atomic E-state index is 0.187. The standard InChI is InChI=1S/C17H19N3O/c1-20-16-5-3-2-4-15(16)19-17(20)12-18-14-8-6-13(7-9-14)10-11-21/h2-9,18,21H,10-12H2,1H3. The average molecular weight is 281 g/mol. The zero-order chi connectivity index (χ0) is 14.7. The van der Waals surface area contributed by atoms with Crippen LogP contribution in [0.25, 0.3) is 11.0 Å². The van der Waals surface area contributed by atoms with Crippen molar-refractivity contribution in [2.45, 2.75) is 13.0 Å². The molecule has 0 saturated heterocycles. The van der Waals surface area contributed by atoms with Crippen LogP contribution < -0.4 is 5.32 Å². The molecule has 1 heterocycles. The van der Waals surface area contributed by atoms with Gasteiger partial charge < -0.3 is 15.0 Å². The molecule has 0 unspecified atom stereocenters. The van der Waals surface area contributed by atoms with Crippen molar-refractivity contribution in [1.82, 2.24) is 9.55 Å². The number of fused-ring (bicyclic) bond motifs is 1. The number of benzene rings is 2. The van der Waals surface area contributed by atoms with Crippen LogP contribution in [0.3, 0.4) is 0 Å². The van der Waals surface area contributed by atoms with Crippen LogP contribution in [0.4, 0.5) is 5.69 Å². The molecule has 0 aliphatic rings. The van der Waals surface area contributed by atoms with Gasteiger partial charge in [-0.15, -0.1) is 0 Å². The first-order valence-electron chi connectivity index (χ1n) is 7.12. The Balaban J connectivity index is 1.72. The number of aliphatic hydroxyl groups is 1. The van der Waals surface area contributed by atoms with Gasteiger partial charge in [-0.3, -0.25) is 0 Å². The van der Waals surface area contributed by atoms with Gasteiger partial charge in [0.1, 0.15) is 5.82 Å². The highest BCUT2D eigenvalue weighted by Gasteiger charge is 2.06. The van der Waals surface area contributed by atoms with Gasteiger partial charge in [-0.2, -0.15) is 0 Å². The first-order valence-corrected chi connectivity index (χ1v) is 7.12. The maximum atomic E-state index is 8.91. The molecule has 4 nitrogen and oxygen atoms in total. The van der Waals surface area contributed by atoms with E-state index in [9.17, 15) is 0 Å². The van der Waals surface area contributed by atoms with Crippen LogP contribution in [-0.2, 0) is 20.0 Å². The Morgan fingerprint density at radius 2 is 1.86 bits per heavy atom. The number of rotatable bonds is 5. The zero-order valence-corrected chi connectivity index (χ0v) is 12.1. The van der Waals surface area contributed by atoms with Gasteiger partial charge >= 0.3 is 0 Å². The average Bonchev–Trinajstić information content (AvgIpc) is 2.84. The number of aliphatic hydroxyl groups excluding tert-OH is 1. The van der Waals surface area contributed by atoms with Crippen LogP contribution in [0.1, 0.15) is 11.4 Å². The summed E-state index contributed by atoms with van der Waals surface area (Å²) in [4.78, 5) is 4.64. The molecule has 0 aliphatic heterocycles. The van der Waals surface area contributed by atoms with Gasteiger partial charge in [-0.1, -0.05) is 24.3 Å². The van der Waals surface area contributed by atoms with Crippen molar-refractivity contribution in [1.29, 1.82) is 0 Å². The molecule has 0 atom stereocenters. The van der Waals surface area contributed by atoms with E-state index in [1.807, 2.05) is 49.5 Å². The summed E-state index contributed by atoms with van der Waals surface area (Å²) in [5.74, 6) is 1.01. The number of imidazole rings is 1. The van der Waals surface area contributed by atoms with E-state index in [-0.39, 0.29) is 6.61 Å². The third kappa shape index (κ3) is 2.90. The van der Waals surface area contributed by atoms with E-state index in [0.29, 0.717) is 13.0 Å². The van der Waals surface area contributed by atoms with Gasteiger partial charge in [0.25, 0.3) is 0 Å². The highest BCUT2D eigenvalue weighted by atomic mass is 16.2. The first kappa shape index (κ1) is 13.6. The summed E-state index contributed by atoms with van der Waals surface area (Å²) in [5, 5.41) is 12.3. The Morgan fingerprint density at radius 3 is 2.57 bits per heavy atom. The monoisotopic (exact) mass is 281 g/mol. The SMILES string of the molecule is Cn1c(CNc2ccc(CCO)cc2)nc2ccccc21. The van der Waals surface area contributed by atoms with Crippen LogP contribution in [0, 0.1) is 0 Å². The van der Waals surface area contributed by atoms with Crippen LogP contribution in [0.15, 0.2) is 48.5 Å². The smallest absolute Gasteiger partial charge is 0.128 e. The second-order valence-electron chi connectivity index (χ2n) is 5.10. The molecule has 0 aliphatic carbocycles. The lowest BCUT2D eigenvalue weighted by atomic mass is 10.1. The third-order valence-electron chi connectivity index (χ3n) is 3.68. The van der Waals surface area contributed by atoms with Crippen molar-refractivity contribution in [2.24, 2.45) is 7.05 Å². The highest BCUT2D eigenvalue weighted by Crippen LogP contribution is 2.16. The summed E-state index contributed by atoms with van der Waals surface area (Å²) in [6.45, 7) is 0.872. The molecule has 3 rings (SSSR count). The fourth-order valence-corrected chi connectivity index (χ4v) is 2.45. The summed E-state index contributed by atoms with van der Waals surface area (Å²) in [5.41, 5.74) is 4.37. The molecule has 0 radical (unpaired) electrons. The van der Waals surface area contributed by atoms with Gasteiger partial charge in [-0.05, 0) is 36.2 Å². The van der Waals surface area contributed by atoms with E-state index in [1.54, 1.807) is 0 Å². The number of nitrogens with zero attached hydrogens (tertiary/aromatic N) is 2. The van der Waals surface area contributed by atoms with E-state index < -0.39 is 0 Å². The molecule has 1 aromatic heterocycles. The van der Waals surface area contributed by atoms with Crippen molar-refractivity contribution in [3.63, 3.8) is 0 Å². The lowest BCUT2D eigenvalue weighted by molar-refractivity contribution is 0.299. The Bertz CT molecular complexity index is 731. The lowest BCUT2D eigenvalue weighted by Crippen LogP contribution is -2.06. The largest absolute Gasteiger partial charge is 0.396 e. The van der Waals surface area contributed by atoms with Gasteiger partial charge in [-0.25, -0.2) is 4.98 Å². The summed E-state index contributed by atoms with van der Waals surface area (Å²) < 4.78 is 2.11. The quantitative estimate of drug-likeness (QED) is 0.756. The zero-order valence-electron chi connectivity index (χ0n) is 12.1. The number of anilines is 1. The Hall–Kier alpha value is -2.33. The summed E-state index contributed by atoms with van der Waals surface area (Å²) in [7, 11) is 2.04. The topological polar surface area (TPSA) is 50.1 Å². The second kappa shape index (κ2) is 5.97. The molecule has 0 amide bonds. The van der Waals surface area contributed by atoms with Crippen molar-refractivity contribution in [3.8, 4) is 0 Å². The fourth-order valence-electron chi connectivity index (χ4n) is 2.45. The molecule has 0 saturated carbocycles. The third-order valence-corrected chi connectivity index (χ3v) is 3.68. The molecule has 4 heteroatoms. The highest BCUT2D eigenvalue weighted by molar-refractivity contribution is 5.75. The number of aryl methyl sites for hydroxylation is 1. The number of para-hydroxylation sites is 2.